The fourth-order valence-electron chi connectivity index (χ4n) is 5.23. The number of benzene rings is 1. The molecule has 2 amide bonds. The maximum atomic E-state index is 13.1. The maximum absolute atomic E-state index is 13.1. The molecule has 0 saturated carbocycles. The van der Waals surface area contributed by atoms with Crippen molar-refractivity contribution in [2.24, 2.45) is 0 Å². The highest BCUT2D eigenvalue weighted by atomic mass is 16.6. The molecule has 2 fully saturated rings. The minimum absolute atomic E-state index is 0.103. The third-order valence-corrected chi connectivity index (χ3v) is 6.87. The molecule has 2 saturated heterocycles. The average molecular weight is 507 g/mol. The molecule has 2 aromatic heterocycles. The number of rotatable bonds is 5. The first-order chi connectivity index (χ1) is 17.8. The first-order valence-corrected chi connectivity index (χ1v) is 12.8. The molecule has 2 aliphatic rings. The van der Waals surface area contributed by atoms with Crippen LogP contribution in [-0.4, -0.2) is 62.8 Å². The molecule has 4 heterocycles. The predicted molar refractivity (Wildman–Crippen MR) is 139 cm³/mol. The first kappa shape index (κ1) is 24.9. The van der Waals surface area contributed by atoms with Gasteiger partial charge in [0, 0.05) is 25.8 Å². The summed E-state index contributed by atoms with van der Waals surface area (Å²) in [6, 6.07) is 9.97. The van der Waals surface area contributed by atoms with Gasteiger partial charge >= 0.3 is 12.2 Å². The van der Waals surface area contributed by atoms with E-state index in [4.69, 9.17) is 9.47 Å². The molecule has 2 aliphatic heterocycles. The number of carbonyl (C=O) groups excluding carboxylic acids is 2. The summed E-state index contributed by atoms with van der Waals surface area (Å²) in [4.78, 5) is 41.2. The summed E-state index contributed by atoms with van der Waals surface area (Å²) in [6.07, 6.45) is 5.57. The van der Waals surface area contributed by atoms with Gasteiger partial charge in [0.25, 0.3) is 0 Å². The van der Waals surface area contributed by atoms with Crippen LogP contribution in [0.25, 0.3) is 11.0 Å². The van der Waals surface area contributed by atoms with Crippen LogP contribution >= 0.6 is 0 Å². The van der Waals surface area contributed by atoms with E-state index in [1.165, 1.54) is 0 Å². The molecule has 2 N–H and O–H groups in total. The molecule has 37 heavy (non-hydrogen) atoms. The number of nitrogens with zero attached hydrogens (tertiary/aromatic N) is 4. The summed E-state index contributed by atoms with van der Waals surface area (Å²) in [7, 11) is 0. The van der Waals surface area contributed by atoms with Gasteiger partial charge in [0.05, 0.1) is 17.5 Å². The second-order valence-electron chi connectivity index (χ2n) is 10.6. The van der Waals surface area contributed by atoms with Crippen LogP contribution in [0.1, 0.15) is 51.2 Å². The number of ether oxygens (including phenoxy) is 2. The van der Waals surface area contributed by atoms with Crippen molar-refractivity contribution < 1.29 is 19.1 Å². The Morgan fingerprint density at radius 2 is 1.84 bits per heavy atom. The number of likely N-dealkylation sites (tertiary alicyclic amines) is 1. The molecule has 0 unspecified atom stereocenters. The molecular formula is C27H34N6O4. The smallest absolute Gasteiger partial charge is 0.410 e. The Balaban J connectivity index is 1.15. The summed E-state index contributed by atoms with van der Waals surface area (Å²) in [5.41, 5.74) is 2.12. The molecule has 0 spiro atoms. The Kier molecular flexibility index (Phi) is 6.90. The van der Waals surface area contributed by atoms with Gasteiger partial charge in [-0.25, -0.2) is 19.6 Å². The number of carbonyl (C=O) groups is 2. The van der Waals surface area contributed by atoms with E-state index in [1.54, 1.807) is 6.33 Å². The number of fused-ring (bicyclic) bond motifs is 2. The van der Waals surface area contributed by atoms with Gasteiger partial charge in [-0.05, 0) is 57.2 Å². The Morgan fingerprint density at radius 3 is 2.62 bits per heavy atom. The van der Waals surface area contributed by atoms with Gasteiger partial charge in [0.1, 0.15) is 30.0 Å². The van der Waals surface area contributed by atoms with Crippen molar-refractivity contribution in [3.63, 3.8) is 0 Å². The van der Waals surface area contributed by atoms with E-state index >= 15 is 0 Å². The van der Waals surface area contributed by atoms with Gasteiger partial charge in [0.2, 0.25) is 0 Å². The molecule has 196 valence electrons. The number of H-pyrrole nitrogens is 1. The van der Waals surface area contributed by atoms with Crippen LogP contribution in [0, 0.1) is 0 Å². The number of aromatic amines is 1. The predicted octanol–water partition coefficient (Wildman–Crippen LogP) is 4.36. The van der Waals surface area contributed by atoms with Crippen molar-refractivity contribution in [3.05, 3.63) is 54.0 Å². The quantitative estimate of drug-likeness (QED) is 0.529. The molecule has 1 aromatic carbocycles. The Bertz CT molecular complexity index is 1250. The van der Waals surface area contributed by atoms with Gasteiger partial charge in [0.15, 0.2) is 0 Å². The van der Waals surface area contributed by atoms with Gasteiger partial charge < -0.3 is 29.6 Å². The fourth-order valence-corrected chi connectivity index (χ4v) is 5.23. The van der Waals surface area contributed by atoms with Crippen molar-refractivity contribution in [3.8, 4) is 0 Å². The highest BCUT2D eigenvalue weighted by molar-refractivity contribution is 5.87. The highest BCUT2D eigenvalue weighted by Gasteiger charge is 2.43. The lowest BCUT2D eigenvalue weighted by Gasteiger charge is -2.39. The van der Waals surface area contributed by atoms with Crippen LogP contribution in [0.2, 0.25) is 0 Å². The number of piperidine rings is 1. The fraction of sp³-hybridized carbons (Fsp3) is 0.481. The summed E-state index contributed by atoms with van der Waals surface area (Å²) in [5, 5.41) is 3.75. The summed E-state index contributed by atoms with van der Waals surface area (Å²) >= 11 is 0. The molecule has 2 atom stereocenters. The second-order valence-corrected chi connectivity index (χ2v) is 10.6. The number of aromatic nitrogens is 3. The lowest BCUT2D eigenvalue weighted by Crippen LogP contribution is -2.52. The third kappa shape index (κ3) is 5.63. The molecule has 10 heteroatoms. The highest BCUT2D eigenvalue weighted by Crippen LogP contribution is 2.36. The topological polar surface area (TPSA) is 113 Å². The SMILES string of the molecule is CC(C)(C)OC(=O)NCc1ccc(COC(=O)N2CCC[C@@H]3[C@H]2CCN3c2ncnc3[nH]ccc23)cc1. The van der Waals surface area contributed by atoms with Crippen LogP contribution in [0.3, 0.4) is 0 Å². The molecule has 3 aromatic rings. The minimum atomic E-state index is -0.534. The lowest BCUT2D eigenvalue weighted by molar-refractivity contribution is 0.0523. The maximum Gasteiger partial charge on any atom is 0.410 e. The van der Waals surface area contributed by atoms with Gasteiger partial charge in [-0.3, -0.25) is 0 Å². The number of alkyl carbamates (subject to hydrolysis) is 1. The Morgan fingerprint density at radius 1 is 1.05 bits per heavy atom. The normalized spacial score (nSPS) is 19.5. The number of amides is 2. The van der Waals surface area contributed by atoms with Crippen LogP contribution in [0.15, 0.2) is 42.9 Å². The van der Waals surface area contributed by atoms with Crippen LogP contribution < -0.4 is 10.2 Å². The number of anilines is 1. The van der Waals surface area contributed by atoms with Crippen molar-refractivity contribution in [1.82, 2.24) is 25.2 Å². The van der Waals surface area contributed by atoms with E-state index in [0.29, 0.717) is 13.1 Å². The summed E-state index contributed by atoms with van der Waals surface area (Å²) in [6.45, 7) is 7.59. The number of hydrogen-bond donors (Lipinski definition) is 2. The third-order valence-electron chi connectivity index (χ3n) is 6.87. The van der Waals surface area contributed by atoms with Crippen molar-refractivity contribution in [2.75, 3.05) is 18.0 Å². The molecule has 10 nitrogen and oxygen atoms in total. The van der Waals surface area contributed by atoms with E-state index in [9.17, 15) is 9.59 Å². The van der Waals surface area contributed by atoms with Gasteiger partial charge in [-0.15, -0.1) is 0 Å². The van der Waals surface area contributed by atoms with Gasteiger partial charge in [-0.1, -0.05) is 24.3 Å². The largest absolute Gasteiger partial charge is 0.445 e. The molecular weight excluding hydrogens is 472 g/mol. The first-order valence-electron chi connectivity index (χ1n) is 12.8. The Labute approximate surface area is 216 Å². The number of nitrogens with one attached hydrogen (secondary N) is 2. The minimum Gasteiger partial charge on any atom is -0.445 e. The van der Waals surface area contributed by atoms with E-state index in [0.717, 1.165) is 53.8 Å². The van der Waals surface area contributed by atoms with E-state index < -0.39 is 11.7 Å². The van der Waals surface area contributed by atoms with Crippen LogP contribution in [0.5, 0.6) is 0 Å². The molecule has 0 aliphatic carbocycles. The lowest BCUT2D eigenvalue weighted by atomic mass is 9.97. The Hall–Kier alpha value is -3.82. The van der Waals surface area contributed by atoms with Gasteiger partial charge in [-0.2, -0.15) is 0 Å². The monoisotopic (exact) mass is 506 g/mol. The summed E-state index contributed by atoms with van der Waals surface area (Å²) < 4.78 is 11.0. The number of hydrogen-bond acceptors (Lipinski definition) is 7. The standard InChI is InChI=1S/C27H34N6O4/c1-27(2,3)37-25(34)29-15-18-6-8-19(9-7-18)16-36-26(35)33-13-4-5-21-22(33)11-14-32(21)24-20-10-12-28-23(20)30-17-31-24/h6-10,12,17,21-22H,4-5,11,13-16H2,1-3H3,(H,29,34)(H,28,30,31)/t21-,22-/m1/s1. The van der Waals surface area contributed by atoms with E-state index in [-0.39, 0.29) is 24.8 Å². The average Bonchev–Trinajstić information content (AvgIpc) is 3.53. The molecule has 0 radical (unpaired) electrons. The zero-order chi connectivity index (χ0) is 26.0. The zero-order valence-electron chi connectivity index (χ0n) is 21.6. The van der Waals surface area contributed by atoms with E-state index in [2.05, 4.69) is 25.2 Å². The summed E-state index contributed by atoms with van der Waals surface area (Å²) in [5.74, 6) is 0.926. The van der Waals surface area contributed by atoms with Crippen molar-refractivity contribution in [2.45, 2.75) is 70.9 Å². The van der Waals surface area contributed by atoms with E-state index in [1.807, 2.05) is 62.2 Å². The van der Waals surface area contributed by atoms with Crippen LogP contribution in [0.4, 0.5) is 15.4 Å². The second kappa shape index (κ2) is 10.3. The van der Waals surface area contributed by atoms with Crippen molar-refractivity contribution >= 4 is 29.0 Å². The molecule has 5 rings (SSSR count). The molecule has 0 bridgehead atoms. The van der Waals surface area contributed by atoms with Crippen molar-refractivity contribution in [1.29, 1.82) is 0 Å². The zero-order valence-corrected chi connectivity index (χ0v) is 21.6. The van der Waals surface area contributed by atoms with Crippen LogP contribution in [-0.2, 0) is 22.6 Å².